The average molecular weight is 414 g/mol. The summed E-state index contributed by atoms with van der Waals surface area (Å²) in [5.74, 6) is 1.05. The van der Waals surface area contributed by atoms with Crippen molar-refractivity contribution in [3.63, 3.8) is 0 Å². The van der Waals surface area contributed by atoms with Crippen molar-refractivity contribution in [1.82, 2.24) is 10.3 Å². The third-order valence-corrected chi connectivity index (χ3v) is 6.30. The number of amides is 1. The summed E-state index contributed by atoms with van der Waals surface area (Å²) in [7, 11) is 0. The average Bonchev–Trinajstić information content (AvgIpc) is 2.66. The van der Waals surface area contributed by atoms with Gasteiger partial charge in [-0.25, -0.2) is 4.98 Å². The molecular formula is C23H28ClN3O2. The molecule has 1 aliphatic heterocycles. The van der Waals surface area contributed by atoms with Crippen molar-refractivity contribution < 1.29 is 9.53 Å². The van der Waals surface area contributed by atoms with Crippen LogP contribution < -0.4 is 10.2 Å². The smallest absolute Gasteiger partial charge is 0.230 e. The number of anilines is 1. The molecule has 1 amide bonds. The van der Waals surface area contributed by atoms with Crippen LogP contribution in [0.2, 0.25) is 5.02 Å². The molecule has 2 unspecified atom stereocenters. The van der Waals surface area contributed by atoms with E-state index in [0.29, 0.717) is 11.6 Å². The number of hydrogen-bond acceptors (Lipinski definition) is 4. The Bertz CT molecular complexity index is 839. The largest absolute Gasteiger partial charge is 0.372 e. The van der Waals surface area contributed by atoms with Crippen LogP contribution in [0.15, 0.2) is 42.6 Å². The molecule has 1 saturated heterocycles. The standard InChI is InChI=1S/C23H28ClN3O2/c1-16-14-27(15-17(2)29-16)21-9-4-18(12-25-21)13-26-22(28)23(10-3-11-23)19-5-7-20(24)8-6-19/h4-9,12,16-17H,3,10-11,13-15H2,1-2H3,(H,26,28). The van der Waals surface area contributed by atoms with E-state index < -0.39 is 5.41 Å². The lowest BCUT2D eigenvalue weighted by Crippen LogP contribution is -2.49. The van der Waals surface area contributed by atoms with Crippen LogP contribution in [0.1, 0.15) is 44.2 Å². The molecule has 1 aliphatic carbocycles. The van der Waals surface area contributed by atoms with Crippen LogP contribution in [0.25, 0.3) is 0 Å². The Hall–Kier alpha value is -2.11. The van der Waals surface area contributed by atoms with E-state index in [1.54, 1.807) is 0 Å². The second-order valence-electron chi connectivity index (χ2n) is 8.31. The van der Waals surface area contributed by atoms with E-state index in [9.17, 15) is 4.79 Å². The van der Waals surface area contributed by atoms with Gasteiger partial charge in [-0.2, -0.15) is 0 Å². The number of nitrogens with one attached hydrogen (secondary N) is 1. The number of carbonyl (C=O) groups is 1. The first kappa shape index (κ1) is 20.2. The van der Waals surface area contributed by atoms with Gasteiger partial charge in [0.1, 0.15) is 5.82 Å². The number of carbonyl (C=O) groups excluding carboxylic acids is 1. The predicted octanol–water partition coefficient (Wildman–Crippen LogP) is 4.09. The van der Waals surface area contributed by atoms with Crippen molar-refractivity contribution >= 4 is 23.3 Å². The third kappa shape index (κ3) is 4.26. The molecule has 2 atom stereocenters. The molecule has 4 rings (SSSR count). The Morgan fingerprint density at radius 1 is 1.17 bits per heavy atom. The summed E-state index contributed by atoms with van der Waals surface area (Å²) >= 11 is 6.01. The minimum atomic E-state index is -0.419. The van der Waals surface area contributed by atoms with Crippen LogP contribution in [0.3, 0.4) is 0 Å². The van der Waals surface area contributed by atoms with E-state index in [0.717, 1.165) is 49.3 Å². The molecule has 1 saturated carbocycles. The van der Waals surface area contributed by atoms with Crippen molar-refractivity contribution in [2.75, 3.05) is 18.0 Å². The molecule has 2 aliphatic rings. The lowest BCUT2D eigenvalue weighted by Gasteiger charge is -2.40. The number of ether oxygens (including phenoxy) is 1. The molecule has 2 fully saturated rings. The second-order valence-corrected chi connectivity index (χ2v) is 8.75. The fourth-order valence-electron chi connectivity index (χ4n) is 4.37. The zero-order valence-corrected chi connectivity index (χ0v) is 17.8. The minimum absolute atomic E-state index is 0.0889. The highest BCUT2D eigenvalue weighted by molar-refractivity contribution is 6.30. The number of hydrogen-bond donors (Lipinski definition) is 1. The lowest BCUT2D eigenvalue weighted by molar-refractivity contribution is -0.130. The lowest BCUT2D eigenvalue weighted by atomic mass is 9.64. The molecule has 0 spiro atoms. The molecule has 1 aromatic carbocycles. The molecule has 2 heterocycles. The zero-order valence-electron chi connectivity index (χ0n) is 17.0. The molecule has 0 radical (unpaired) electrons. The summed E-state index contributed by atoms with van der Waals surface area (Å²) < 4.78 is 5.79. The minimum Gasteiger partial charge on any atom is -0.372 e. The van der Waals surface area contributed by atoms with E-state index in [4.69, 9.17) is 16.3 Å². The summed E-state index contributed by atoms with van der Waals surface area (Å²) in [5.41, 5.74) is 1.63. The van der Waals surface area contributed by atoms with Crippen LogP contribution in [-0.2, 0) is 21.5 Å². The van der Waals surface area contributed by atoms with Gasteiger partial charge in [0, 0.05) is 30.9 Å². The number of aromatic nitrogens is 1. The van der Waals surface area contributed by atoms with Crippen LogP contribution >= 0.6 is 11.6 Å². The van der Waals surface area contributed by atoms with Crippen molar-refractivity contribution in [1.29, 1.82) is 0 Å². The first-order valence-corrected chi connectivity index (χ1v) is 10.7. The molecule has 6 heteroatoms. The van der Waals surface area contributed by atoms with Gasteiger partial charge in [0.05, 0.1) is 17.6 Å². The number of pyridine rings is 1. The molecule has 1 aromatic heterocycles. The van der Waals surface area contributed by atoms with Crippen molar-refractivity contribution in [2.24, 2.45) is 0 Å². The maximum absolute atomic E-state index is 13.0. The monoisotopic (exact) mass is 413 g/mol. The summed E-state index contributed by atoms with van der Waals surface area (Å²) in [6, 6.07) is 11.7. The van der Waals surface area contributed by atoms with Crippen LogP contribution in [-0.4, -0.2) is 36.2 Å². The molecule has 0 bridgehead atoms. The second kappa shape index (κ2) is 8.33. The van der Waals surface area contributed by atoms with Gasteiger partial charge in [-0.1, -0.05) is 36.2 Å². The maximum atomic E-state index is 13.0. The van der Waals surface area contributed by atoms with Gasteiger partial charge < -0.3 is 15.0 Å². The zero-order chi connectivity index (χ0) is 20.4. The molecule has 1 N–H and O–H groups in total. The number of benzene rings is 1. The van der Waals surface area contributed by atoms with E-state index in [2.05, 4.69) is 29.0 Å². The van der Waals surface area contributed by atoms with Gasteiger partial charge in [0.25, 0.3) is 0 Å². The highest BCUT2D eigenvalue weighted by Gasteiger charge is 2.45. The number of nitrogens with zero attached hydrogens (tertiary/aromatic N) is 2. The van der Waals surface area contributed by atoms with E-state index in [1.165, 1.54) is 0 Å². The Kier molecular flexibility index (Phi) is 5.79. The Morgan fingerprint density at radius 3 is 2.41 bits per heavy atom. The van der Waals surface area contributed by atoms with Gasteiger partial charge in [0.2, 0.25) is 5.91 Å². The van der Waals surface area contributed by atoms with E-state index in [-0.39, 0.29) is 18.1 Å². The summed E-state index contributed by atoms with van der Waals surface area (Å²) in [6.45, 7) is 6.35. The summed E-state index contributed by atoms with van der Waals surface area (Å²) in [6.07, 6.45) is 5.09. The van der Waals surface area contributed by atoms with Crippen LogP contribution in [0.5, 0.6) is 0 Å². The van der Waals surface area contributed by atoms with Gasteiger partial charge in [-0.3, -0.25) is 4.79 Å². The van der Waals surface area contributed by atoms with Gasteiger partial charge in [0.15, 0.2) is 0 Å². The first-order chi connectivity index (χ1) is 14.0. The first-order valence-electron chi connectivity index (χ1n) is 10.4. The SMILES string of the molecule is CC1CN(c2ccc(CNC(=O)C3(c4ccc(Cl)cc4)CCC3)cn2)CC(C)O1. The maximum Gasteiger partial charge on any atom is 0.230 e. The highest BCUT2D eigenvalue weighted by atomic mass is 35.5. The quantitative estimate of drug-likeness (QED) is 0.802. The van der Waals surface area contributed by atoms with Crippen molar-refractivity contribution in [3.8, 4) is 0 Å². The normalized spacial score (nSPS) is 23.3. The van der Waals surface area contributed by atoms with Gasteiger partial charge in [-0.05, 0) is 56.0 Å². The predicted molar refractivity (Wildman–Crippen MR) is 115 cm³/mol. The van der Waals surface area contributed by atoms with Gasteiger partial charge >= 0.3 is 0 Å². The van der Waals surface area contributed by atoms with E-state index >= 15 is 0 Å². The van der Waals surface area contributed by atoms with Crippen molar-refractivity contribution in [3.05, 3.63) is 58.7 Å². The summed E-state index contributed by atoms with van der Waals surface area (Å²) in [5, 5.41) is 3.82. The van der Waals surface area contributed by atoms with Crippen LogP contribution in [0, 0.1) is 0 Å². The fraction of sp³-hybridized carbons (Fsp3) is 0.478. The molecule has 2 aromatic rings. The Morgan fingerprint density at radius 2 is 1.86 bits per heavy atom. The van der Waals surface area contributed by atoms with E-state index in [1.807, 2.05) is 42.6 Å². The Balaban J connectivity index is 1.38. The molecule has 29 heavy (non-hydrogen) atoms. The topological polar surface area (TPSA) is 54.5 Å². The number of morpholine rings is 1. The highest BCUT2D eigenvalue weighted by Crippen LogP contribution is 2.44. The number of halogens is 1. The fourth-order valence-corrected chi connectivity index (χ4v) is 4.50. The molecular weight excluding hydrogens is 386 g/mol. The Labute approximate surface area is 177 Å². The molecule has 5 nitrogen and oxygen atoms in total. The van der Waals surface area contributed by atoms with Crippen molar-refractivity contribution in [2.45, 2.75) is 57.3 Å². The molecule has 154 valence electrons. The summed E-state index contributed by atoms with van der Waals surface area (Å²) in [4.78, 5) is 19.9. The third-order valence-electron chi connectivity index (χ3n) is 6.04. The van der Waals surface area contributed by atoms with Crippen LogP contribution in [0.4, 0.5) is 5.82 Å². The van der Waals surface area contributed by atoms with Gasteiger partial charge in [-0.15, -0.1) is 0 Å². The number of rotatable bonds is 5.